The van der Waals surface area contributed by atoms with Gasteiger partial charge in [-0.25, -0.2) is 4.98 Å². The van der Waals surface area contributed by atoms with Crippen LogP contribution in [0.5, 0.6) is 0 Å². The van der Waals surface area contributed by atoms with E-state index in [0.717, 1.165) is 40.8 Å². The molecule has 130 valence electrons. The molecule has 26 heavy (non-hydrogen) atoms. The van der Waals surface area contributed by atoms with Crippen molar-refractivity contribution in [3.05, 3.63) is 77.9 Å². The molecule has 0 bridgehead atoms. The highest BCUT2D eigenvalue weighted by molar-refractivity contribution is 6.17. The Balaban J connectivity index is 1.89. The number of H-pyrrole nitrogens is 1. The molecule has 4 aromatic rings. The number of aromatic amines is 1. The van der Waals surface area contributed by atoms with Crippen molar-refractivity contribution in [1.29, 1.82) is 0 Å². The maximum absolute atomic E-state index is 5.90. The van der Waals surface area contributed by atoms with Crippen molar-refractivity contribution in [1.82, 2.24) is 9.97 Å². The molecule has 2 nitrogen and oxygen atoms in total. The van der Waals surface area contributed by atoms with Crippen LogP contribution in [-0.2, 0) is 12.3 Å². The molecular formula is C23H21ClN2. The third-order valence-electron chi connectivity index (χ3n) is 4.71. The Morgan fingerprint density at radius 1 is 0.885 bits per heavy atom. The fraction of sp³-hybridized carbons (Fsp3) is 0.174. The van der Waals surface area contributed by atoms with Crippen molar-refractivity contribution >= 4 is 22.6 Å². The third kappa shape index (κ3) is 3.13. The van der Waals surface area contributed by atoms with E-state index in [9.17, 15) is 0 Å². The van der Waals surface area contributed by atoms with Gasteiger partial charge in [0.1, 0.15) is 5.82 Å². The Morgan fingerprint density at radius 2 is 1.65 bits per heavy atom. The van der Waals surface area contributed by atoms with E-state index in [4.69, 9.17) is 16.6 Å². The number of fused-ring (bicyclic) bond motifs is 1. The van der Waals surface area contributed by atoms with Crippen LogP contribution >= 0.6 is 11.6 Å². The number of benzene rings is 3. The summed E-state index contributed by atoms with van der Waals surface area (Å²) in [4.78, 5) is 8.41. The first kappa shape index (κ1) is 16.9. The minimum Gasteiger partial charge on any atom is -0.337 e. The minimum atomic E-state index is 0.527. The van der Waals surface area contributed by atoms with Gasteiger partial charge in [-0.05, 0) is 29.2 Å². The summed E-state index contributed by atoms with van der Waals surface area (Å²) >= 11 is 5.90. The molecule has 0 radical (unpaired) electrons. The van der Waals surface area contributed by atoms with Gasteiger partial charge in [0.05, 0.1) is 11.0 Å². The molecule has 0 spiro atoms. The Bertz CT molecular complexity index is 1020. The molecule has 4 rings (SSSR count). The van der Waals surface area contributed by atoms with E-state index < -0.39 is 0 Å². The lowest BCUT2D eigenvalue weighted by atomic mass is 9.95. The summed E-state index contributed by atoms with van der Waals surface area (Å²) in [7, 11) is 0. The highest BCUT2D eigenvalue weighted by atomic mass is 35.5. The zero-order chi connectivity index (χ0) is 17.9. The zero-order valence-electron chi connectivity index (χ0n) is 14.8. The molecule has 1 N–H and O–H groups in total. The lowest BCUT2D eigenvalue weighted by Crippen LogP contribution is -1.91. The van der Waals surface area contributed by atoms with E-state index >= 15 is 0 Å². The predicted molar refractivity (Wildman–Crippen MR) is 111 cm³/mol. The predicted octanol–water partition coefficient (Wildman–Crippen LogP) is 6.59. The first-order valence-corrected chi connectivity index (χ1v) is 9.56. The third-order valence-corrected chi connectivity index (χ3v) is 5.02. The van der Waals surface area contributed by atoms with Gasteiger partial charge in [0.2, 0.25) is 0 Å². The van der Waals surface area contributed by atoms with E-state index in [0.29, 0.717) is 5.88 Å². The number of hydrogen-bond acceptors (Lipinski definition) is 1. The van der Waals surface area contributed by atoms with E-state index in [1.165, 1.54) is 16.7 Å². The molecule has 0 aliphatic rings. The van der Waals surface area contributed by atoms with E-state index in [-0.39, 0.29) is 0 Å². The number of alkyl halides is 1. The molecule has 0 atom stereocenters. The van der Waals surface area contributed by atoms with Crippen molar-refractivity contribution in [3.8, 4) is 22.5 Å². The summed E-state index contributed by atoms with van der Waals surface area (Å²) in [5, 5.41) is 0. The summed E-state index contributed by atoms with van der Waals surface area (Å²) in [5.74, 6) is 1.42. The van der Waals surface area contributed by atoms with Crippen molar-refractivity contribution in [3.63, 3.8) is 0 Å². The largest absolute Gasteiger partial charge is 0.337 e. The maximum Gasteiger partial charge on any atom is 0.138 e. The van der Waals surface area contributed by atoms with E-state index in [2.05, 4.69) is 78.6 Å². The molecule has 0 aliphatic carbocycles. The molecule has 3 aromatic carbocycles. The van der Waals surface area contributed by atoms with Crippen LogP contribution in [0.25, 0.3) is 33.5 Å². The second kappa shape index (κ2) is 7.35. The Labute approximate surface area is 158 Å². The molecule has 0 unspecified atom stereocenters. The Hall–Kier alpha value is -2.58. The van der Waals surface area contributed by atoms with Gasteiger partial charge in [-0.1, -0.05) is 74.0 Å². The number of aromatic nitrogens is 2. The van der Waals surface area contributed by atoms with Crippen LogP contribution in [0.1, 0.15) is 24.5 Å². The molecular weight excluding hydrogens is 340 g/mol. The lowest BCUT2D eigenvalue weighted by molar-refractivity contribution is 0.925. The van der Waals surface area contributed by atoms with Gasteiger partial charge in [0.25, 0.3) is 0 Å². The molecule has 0 aliphatic heterocycles. The van der Waals surface area contributed by atoms with Crippen molar-refractivity contribution < 1.29 is 0 Å². The van der Waals surface area contributed by atoms with Gasteiger partial charge >= 0.3 is 0 Å². The number of rotatable bonds is 5. The highest BCUT2D eigenvalue weighted by Crippen LogP contribution is 2.33. The topological polar surface area (TPSA) is 28.7 Å². The van der Waals surface area contributed by atoms with Crippen LogP contribution in [0.3, 0.4) is 0 Å². The molecule has 0 saturated heterocycles. The minimum absolute atomic E-state index is 0.527. The van der Waals surface area contributed by atoms with Crippen molar-refractivity contribution in [2.45, 2.75) is 25.6 Å². The first-order chi connectivity index (χ1) is 12.8. The van der Waals surface area contributed by atoms with Crippen LogP contribution in [0.4, 0.5) is 0 Å². The van der Waals surface area contributed by atoms with Crippen molar-refractivity contribution in [2.75, 3.05) is 0 Å². The summed E-state index contributed by atoms with van der Waals surface area (Å²) in [6.07, 6.45) is 2.17. The molecule has 1 aromatic heterocycles. The van der Waals surface area contributed by atoms with Gasteiger partial charge < -0.3 is 4.98 Å². The Kier molecular flexibility index (Phi) is 4.77. The van der Waals surface area contributed by atoms with Gasteiger partial charge in [-0.2, -0.15) is 0 Å². The monoisotopic (exact) mass is 360 g/mol. The number of aryl methyl sites for hydroxylation is 1. The molecule has 0 saturated carbocycles. The first-order valence-electron chi connectivity index (χ1n) is 9.02. The second-order valence-corrected chi connectivity index (χ2v) is 6.79. The lowest BCUT2D eigenvalue weighted by Gasteiger charge is -2.10. The standard InChI is InChI=1S/C23H21ClN2/c1-2-6-17-13-14-20-22(21(17)18-7-4-3-5-8-18)26-23(25-20)19-11-9-16(15-24)10-12-19/h3-5,7-14H,2,6,15H2,1H3,(H,25,26). The van der Waals surface area contributed by atoms with Gasteiger partial charge in [0.15, 0.2) is 0 Å². The number of halogens is 1. The second-order valence-electron chi connectivity index (χ2n) is 6.53. The number of nitrogens with zero attached hydrogens (tertiary/aromatic N) is 1. The van der Waals surface area contributed by atoms with Crippen LogP contribution in [-0.4, -0.2) is 9.97 Å². The fourth-order valence-electron chi connectivity index (χ4n) is 3.42. The number of nitrogens with one attached hydrogen (secondary N) is 1. The average molecular weight is 361 g/mol. The molecule has 1 heterocycles. The van der Waals surface area contributed by atoms with Crippen LogP contribution in [0, 0.1) is 0 Å². The molecule has 3 heteroatoms. The summed E-state index contributed by atoms with van der Waals surface area (Å²) in [6, 6.07) is 23.2. The van der Waals surface area contributed by atoms with E-state index in [1.807, 2.05) is 0 Å². The van der Waals surface area contributed by atoms with Gasteiger partial charge in [-0.15, -0.1) is 11.6 Å². The SMILES string of the molecule is CCCc1ccc2nc(-c3ccc(CCl)cc3)[nH]c2c1-c1ccccc1. The highest BCUT2D eigenvalue weighted by Gasteiger charge is 2.14. The van der Waals surface area contributed by atoms with Crippen LogP contribution in [0.2, 0.25) is 0 Å². The number of hydrogen-bond donors (Lipinski definition) is 1. The molecule has 0 amide bonds. The van der Waals surface area contributed by atoms with Gasteiger partial charge in [0, 0.05) is 17.0 Å². The summed E-state index contributed by atoms with van der Waals surface area (Å²) in [6.45, 7) is 2.22. The smallest absolute Gasteiger partial charge is 0.138 e. The van der Waals surface area contributed by atoms with Gasteiger partial charge in [-0.3, -0.25) is 0 Å². The molecule has 0 fully saturated rings. The maximum atomic E-state index is 5.90. The van der Waals surface area contributed by atoms with Crippen LogP contribution in [0.15, 0.2) is 66.7 Å². The van der Waals surface area contributed by atoms with Crippen molar-refractivity contribution in [2.24, 2.45) is 0 Å². The zero-order valence-corrected chi connectivity index (χ0v) is 15.6. The fourth-order valence-corrected chi connectivity index (χ4v) is 3.60. The van der Waals surface area contributed by atoms with Crippen LogP contribution < -0.4 is 0 Å². The summed E-state index contributed by atoms with van der Waals surface area (Å²) < 4.78 is 0. The summed E-state index contributed by atoms with van der Waals surface area (Å²) in [5.41, 5.74) is 8.15. The normalized spacial score (nSPS) is 11.2. The Morgan fingerprint density at radius 3 is 2.35 bits per heavy atom. The quantitative estimate of drug-likeness (QED) is 0.399. The van der Waals surface area contributed by atoms with E-state index in [1.54, 1.807) is 0 Å². The number of imidazole rings is 1. The average Bonchev–Trinajstić information content (AvgIpc) is 3.13.